The van der Waals surface area contributed by atoms with E-state index >= 15 is 0 Å². The molecule has 5 nitrogen and oxygen atoms in total. The number of carbonyl (C=O) groups is 1. The average Bonchev–Trinajstić information content (AvgIpc) is 2.58. The first-order chi connectivity index (χ1) is 12.5. The maximum absolute atomic E-state index is 12.5. The topological polar surface area (TPSA) is 72.2 Å². The first-order valence-corrected chi connectivity index (χ1v) is 9.08. The molecule has 1 unspecified atom stereocenters. The van der Waals surface area contributed by atoms with Gasteiger partial charge in [0, 0.05) is 35.1 Å². The lowest BCUT2D eigenvalue weighted by Gasteiger charge is -2.39. The third kappa shape index (κ3) is 3.22. The number of nitrogens with zero attached hydrogens (tertiary/aromatic N) is 1. The molecule has 0 radical (unpaired) electrons. The van der Waals surface area contributed by atoms with Crippen LogP contribution in [0.15, 0.2) is 29.2 Å². The molecule has 0 amide bonds. The molecule has 1 N–H and O–H groups in total. The summed E-state index contributed by atoms with van der Waals surface area (Å²) in [5.74, 6) is 0.395. The van der Waals surface area contributed by atoms with Crippen molar-refractivity contribution in [3.05, 3.63) is 51.3 Å². The van der Waals surface area contributed by atoms with E-state index in [0.717, 1.165) is 28.8 Å². The van der Waals surface area contributed by atoms with Crippen LogP contribution in [0, 0.1) is 10.8 Å². The summed E-state index contributed by atoms with van der Waals surface area (Å²) in [6.45, 7) is 9.64. The Labute approximate surface area is 159 Å². The van der Waals surface area contributed by atoms with Crippen molar-refractivity contribution in [1.29, 1.82) is 5.41 Å². The lowest BCUT2D eigenvalue weighted by molar-refractivity contribution is 0.101. The quantitative estimate of drug-likeness (QED) is 0.652. The maximum Gasteiger partial charge on any atom is 0.192 e. The SMILES string of the molecule is COc1cc2c(cc1C(C)=N)CC(C(C)(C)C)n1cc(C(C)=O)c(=O)cc1-2. The Morgan fingerprint density at radius 2 is 1.85 bits per heavy atom. The predicted molar refractivity (Wildman–Crippen MR) is 107 cm³/mol. The van der Waals surface area contributed by atoms with Gasteiger partial charge < -0.3 is 14.7 Å². The number of hydrogen-bond acceptors (Lipinski definition) is 4. The number of benzene rings is 1. The molecule has 5 heteroatoms. The minimum atomic E-state index is -0.263. The standard InChI is InChI=1S/C22H26N2O3/c1-12(23)15-7-14-8-21(22(3,4)5)24-11-17(13(2)25)19(26)10-18(24)16(14)9-20(15)27-6/h7,9-11,21,23H,8H2,1-6H3. The van der Waals surface area contributed by atoms with Gasteiger partial charge in [0.15, 0.2) is 11.2 Å². The second-order valence-corrected chi connectivity index (χ2v) is 8.32. The number of nitrogens with one attached hydrogen (secondary N) is 1. The first-order valence-electron chi connectivity index (χ1n) is 9.08. The lowest BCUT2D eigenvalue weighted by atomic mass is 9.78. The number of Topliss-reactive ketones (excluding diaryl/α,β-unsaturated/α-hetero) is 1. The van der Waals surface area contributed by atoms with E-state index in [4.69, 9.17) is 10.1 Å². The Bertz CT molecular complexity index is 1010. The number of pyridine rings is 1. The highest BCUT2D eigenvalue weighted by molar-refractivity contribution is 6.00. The van der Waals surface area contributed by atoms with Gasteiger partial charge >= 0.3 is 0 Å². The van der Waals surface area contributed by atoms with Crippen LogP contribution in [0.4, 0.5) is 0 Å². The van der Waals surface area contributed by atoms with Crippen molar-refractivity contribution >= 4 is 11.5 Å². The smallest absolute Gasteiger partial charge is 0.192 e. The van der Waals surface area contributed by atoms with Gasteiger partial charge in [0.2, 0.25) is 0 Å². The van der Waals surface area contributed by atoms with Crippen molar-refractivity contribution in [3.63, 3.8) is 0 Å². The van der Waals surface area contributed by atoms with Gasteiger partial charge in [-0.15, -0.1) is 0 Å². The van der Waals surface area contributed by atoms with Crippen LogP contribution in [-0.2, 0) is 6.42 Å². The molecule has 3 rings (SSSR count). The van der Waals surface area contributed by atoms with E-state index in [0.29, 0.717) is 11.5 Å². The van der Waals surface area contributed by atoms with Gasteiger partial charge in [-0.3, -0.25) is 9.59 Å². The third-order valence-electron chi connectivity index (χ3n) is 5.31. The van der Waals surface area contributed by atoms with E-state index in [1.54, 1.807) is 26.3 Å². The summed E-state index contributed by atoms with van der Waals surface area (Å²) in [6.07, 6.45) is 2.47. The molecule has 2 heterocycles. The highest BCUT2D eigenvalue weighted by atomic mass is 16.5. The number of hydrogen-bond donors (Lipinski definition) is 1. The fraction of sp³-hybridized carbons (Fsp3) is 0.409. The van der Waals surface area contributed by atoms with Crippen LogP contribution >= 0.6 is 0 Å². The number of fused-ring (bicyclic) bond motifs is 3. The first kappa shape index (κ1) is 19.1. The van der Waals surface area contributed by atoms with Crippen molar-refractivity contribution in [2.45, 2.75) is 47.1 Å². The molecule has 0 fully saturated rings. The van der Waals surface area contributed by atoms with Crippen molar-refractivity contribution in [3.8, 4) is 17.0 Å². The Balaban J connectivity index is 2.36. The summed E-state index contributed by atoms with van der Waals surface area (Å²) in [7, 11) is 1.58. The third-order valence-corrected chi connectivity index (χ3v) is 5.31. The molecule has 142 valence electrons. The fourth-order valence-electron chi connectivity index (χ4n) is 3.81. The molecule has 1 aliphatic heterocycles. The molecule has 0 saturated carbocycles. The van der Waals surface area contributed by atoms with E-state index in [-0.39, 0.29) is 28.2 Å². The molecule has 2 aromatic rings. The number of ether oxygens (including phenoxy) is 1. The molecule has 0 bridgehead atoms. The van der Waals surface area contributed by atoms with Crippen LogP contribution < -0.4 is 10.2 Å². The van der Waals surface area contributed by atoms with Gasteiger partial charge in [-0.1, -0.05) is 20.8 Å². The maximum atomic E-state index is 12.5. The van der Waals surface area contributed by atoms with Crippen LogP contribution in [0.5, 0.6) is 5.75 Å². The molecule has 0 saturated heterocycles. The Morgan fingerprint density at radius 1 is 1.19 bits per heavy atom. The van der Waals surface area contributed by atoms with Crippen LogP contribution in [0.2, 0.25) is 0 Å². The molecule has 0 spiro atoms. The average molecular weight is 366 g/mol. The van der Waals surface area contributed by atoms with Gasteiger partial charge in [-0.05, 0) is 43.4 Å². The minimum Gasteiger partial charge on any atom is -0.496 e. The van der Waals surface area contributed by atoms with Crippen LogP contribution in [0.1, 0.15) is 62.1 Å². The zero-order valence-electron chi connectivity index (χ0n) is 16.8. The summed E-state index contributed by atoms with van der Waals surface area (Å²) < 4.78 is 7.56. The Hall–Kier alpha value is -2.69. The van der Waals surface area contributed by atoms with Crippen LogP contribution in [0.25, 0.3) is 11.3 Å². The Morgan fingerprint density at radius 3 is 2.37 bits per heavy atom. The van der Waals surface area contributed by atoms with Gasteiger partial charge in [-0.2, -0.15) is 0 Å². The van der Waals surface area contributed by atoms with E-state index in [1.165, 1.54) is 6.92 Å². The summed E-state index contributed by atoms with van der Waals surface area (Å²) in [5, 5.41) is 8.05. The number of methoxy groups -OCH3 is 1. The summed E-state index contributed by atoms with van der Waals surface area (Å²) in [4.78, 5) is 24.4. The lowest BCUT2D eigenvalue weighted by Crippen LogP contribution is -2.32. The molecule has 27 heavy (non-hydrogen) atoms. The second-order valence-electron chi connectivity index (χ2n) is 8.32. The summed E-state index contributed by atoms with van der Waals surface area (Å²) >= 11 is 0. The fourth-order valence-corrected chi connectivity index (χ4v) is 3.81. The van der Waals surface area contributed by atoms with Gasteiger partial charge in [0.25, 0.3) is 0 Å². The van der Waals surface area contributed by atoms with Crippen molar-refractivity contribution in [2.75, 3.05) is 7.11 Å². The summed E-state index contributed by atoms with van der Waals surface area (Å²) in [5.41, 5.74) is 3.89. The number of aromatic nitrogens is 1. The zero-order valence-corrected chi connectivity index (χ0v) is 16.8. The normalized spacial score (nSPS) is 15.7. The molecule has 1 aromatic carbocycles. The number of rotatable bonds is 3. The number of ketones is 1. The van der Waals surface area contributed by atoms with Crippen molar-refractivity contribution in [2.24, 2.45) is 5.41 Å². The Kier molecular flexibility index (Phi) is 4.58. The van der Waals surface area contributed by atoms with E-state index in [1.807, 2.05) is 12.1 Å². The molecule has 0 aliphatic carbocycles. The summed E-state index contributed by atoms with van der Waals surface area (Å²) in [6, 6.07) is 5.55. The molecule has 1 atom stereocenters. The predicted octanol–water partition coefficient (Wildman–Crippen LogP) is 4.26. The largest absolute Gasteiger partial charge is 0.496 e. The van der Waals surface area contributed by atoms with Crippen LogP contribution in [0.3, 0.4) is 0 Å². The van der Waals surface area contributed by atoms with E-state index in [2.05, 4.69) is 25.3 Å². The van der Waals surface area contributed by atoms with Crippen molar-refractivity contribution in [1.82, 2.24) is 4.57 Å². The number of carbonyl (C=O) groups excluding carboxylic acids is 1. The zero-order chi connectivity index (χ0) is 20.1. The van der Waals surface area contributed by atoms with Gasteiger partial charge in [0.05, 0.1) is 18.4 Å². The highest BCUT2D eigenvalue weighted by Crippen LogP contribution is 2.44. The highest BCUT2D eigenvalue weighted by Gasteiger charge is 2.33. The second kappa shape index (κ2) is 6.48. The molecular formula is C22H26N2O3. The van der Waals surface area contributed by atoms with E-state index in [9.17, 15) is 9.59 Å². The van der Waals surface area contributed by atoms with Crippen molar-refractivity contribution < 1.29 is 9.53 Å². The molecule has 1 aliphatic rings. The van der Waals surface area contributed by atoms with Gasteiger partial charge in [0.1, 0.15) is 5.75 Å². The van der Waals surface area contributed by atoms with Gasteiger partial charge in [-0.25, -0.2) is 0 Å². The van der Waals surface area contributed by atoms with E-state index < -0.39 is 0 Å². The molecule has 1 aromatic heterocycles. The van der Waals surface area contributed by atoms with Crippen LogP contribution in [-0.4, -0.2) is 23.2 Å². The minimum absolute atomic E-state index is 0.0740. The molecular weight excluding hydrogens is 340 g/mol. The monoisotopic (exact) mass is 366 g/mol.